The van der Waals surface area contributed by atoms with Crippen molar-refractivity contribution in [3.05, 3.63) is 35.5 Å². The van der Waals surface area contributed by atoms with E-state index >= 15 is 0 Å². The van der Waals surface area contributed by atoms with Crippen molar-refractivity contribution in [1.82, 2.24) is 0 Å². The molecular formula is C12H15. The van der Waals surface area contributed by atoms with Crippen LogP contribution >= 0.6 is 0 Å². The highest BCUT2D eigenvalue weighted by molar-refractivity contribution is 5.40. The minimum atomic E-state index is 1.11. The molecule has 0 fully saturated rings. The lowest BCUT2D eigenvalue weighted by atomic mass is 9.91. The Labute approximate surface area is 74.7 Å². The maximum Gasteiger partial charge on any atom is -0.0241 e. The minimum Gasteiger partial charge on any atom is -0.0807 e. The molecule has 0 aliphatic heterocycles. The highest BCUT2D eigenvalue weighted by Gasteiger charge is 2.07. The molecule has 0 heteroatoms. The zero-order valence-corrected chi connectivity index (χ0v) is 7.47. The van der Waals surface area contributed by atoms with Gasteiger partial charge in [0.2, 0.25) is 0 Å². The third-order valence-corrected chi connectivity index (χ3v) is 2.57. The second-order valence-corrected chi connectivity index (χ2v) is 3.52. The molecule has 0 bridgehead atoms. The summed E-state index contributed by atoms with van der Waals surface area (Å²) in [6, 6.07) is 0. The lowest BCUT2D eigenvalue weighted by Gasteiger charge is -2.15. The van der Waals surface area contributed by atoms with Crippen molar-refractivity contribution in [2.75, 3.05) is 0 Å². The van der Waals surface area contributed by atoms with Gasteiger partial charge in [0.1, 0.15) is 0 Å². The molecule has 63 valence electrons. The van der Waals surface area contributed by atoms with Crippen LogP contribution in [0.4, 0.5) is 0 Å². The summed E-state index contributed by atoms with van der Waals surface area (Å²) in [6.07, 6.45) is 17.8. The Bertz CT molecular complexity index is 241. The molecule has 1 radical (unpaired) electrons. The topological polar surface area (TPSA) is 0 Å². The highest BCUT2D eigenvalue weighted by atomic mass is 14.1. The van der Waals surface area contributed by atoms with Crippen molar-refractivity contribution in [2.24, 2.45) is 0 Å². The molecule has 0 N–H and O–H groups in total. The normalized spacial score (nSPS) is 23.3. The molecule has 0 aromatic rings. The van der Waals surface area contributed by atoms with Gasteiger partial charge in [-0.1, -0.05) is 18.2 Å². The number of allylic oxidation sites excluding steroid dienone is 6. The molecule has 2 aliphatic carbocycles. The number of hydrogen-bond acceptors (Lipinski definition) is 0. The van der Waals surface area contributed by atoms with Gasteiger partial charge in [0.05, 0.1) is 0 Å². The van der Waals surface area contributed by atoms with E-state index < -0.39 is 0 Å². The zero-order valence-electron chi connectivity index (χ0n) is 7.47. The number of hydrogen-bond donors (Lipinski definition) is 0. The van der Waals surface area contributed by atoms with Crippen molar-refractivity contribution >= 4 is 0 Å². The summed E-state index contributed by atoms with van der Waals surface area (Å²) >= 11 is 0. The molecule has 0 aromatic carbocycles. The molecule has 0 aromatic heterocycles. The van der Waals surface area contributed by atoms with Crippen molar-refractivity contribution in [2.45, 2.75) is 38.5 Å². The van der Waals surface area contributed by atoms with E-state index in [1.807, 2.05) is 0 Å². The van der Waals surface area contributed by atoms with E-state index in [4.69, 9.17) is 0 Å². The van der Waals surface area contributed by atoms with E-state index in [9.17, 15) is 0 Å². The summed E-state index contributed by atoms with van der Waals surface area (Å²) in [7, 11) is 0. The fourth-order valence-electron chi connectivity index (χ4n) is 1.88. The maximum atomic E-state index is 3.30. The molecule has 0 saturated carbocycles. The summed E-state index contributed by atoms with van der Waals surface area (Å²) in [5.41, 5.74) is 3.01. The van der Waals surface area contributed by atoms with Gasteiger partial charge in [-0.15, -0.1) is 0 Å². The lowest BCUT2D eigenvalue weighted by Crippen LogP contribution is -1.96. The standard InChI is InChI=1S/C12H15/c1-3-7-11(8-4-1)12-9-5-2-6-10-12/h7,9-10H,1-5,8H2. The van der Waals surface area contributed by atoms with Crippen LogP contribution in [0.3, 0.4) is 0 Å². The monoisotopic (exact) mass is 159 g/mol. The second-order valence-electron chi connectivity index (χ2n) is 3.52. The van der Waals surface area contributed by atoms with Crippen LogP contribution in [0.25, 0.3) is 0 Å². The fourth-order valence-corrected chi connectivity index (χ4v) is 1.88. The van der Waals surface area contributed by atoms with Gasteiger partial charge in [-0.3, -0.25) is 0 Å². The molecule has 0 atom stereocenters. The van der Waals surface area contributed by atoms with E-state index in [0.717, 1.165) is 6.42 Å². The Morgan fingerprint density at radius 1 is 1.08 bits per heavy atom. The largest absolute Gasteiger partial charge is 0.0807 e. The predicted octanol–water partition coefficient (Wildman–Crippen LogP) is 3.57. The van der Waals surface area contributed by atoms with E-state index in [1.165, 1.54) is 37.7 Å². The first-order valence-electron chi connectivity index (χ1n) is 4.93. The van der Waals surface area contributed by atoms with Gasteiger partial charge in [0, 0.05) is 0 Å². The Hall–Kier alpha value is -0.780. The summed E-state index contributed by atoms with van der Waals surface area (Å²) in [5, 5.41) is 0. The van der Waals surface area contributed by atoms with Gasteiger partial charge < -0.3 is 0 Å². The first kappa shape index (κ1) is 7.85. The average molecular weight is 159 g/mol. The second kappa shape index (κ2) is 3.75. The van der Waals surface area contributed by atoms with Crippen LogP contribution < -0.4 is 0 Å². The molecule has 2 aliphatic rings. The molecule has 0 heterocycles. The van der Waals surface area contributed by atoms with Crippen LogP contribution in [0.15, 0.2) is 29.4 Å². The lowest BCUT2D eigenvalue weighted by molar-refractivity contribution is 0.706. The van der Waals surface area contributed by atoms with Crippen LogP contribution in [-0.4, -0.2) is 0 Å². The van der Waals surface area contributed by atoms with Crippen LogP contribution in [0, 0.1) is 6.08 Å². The van der Waals surface area contributed by atoms with Crippen molar-refractivity contribution in [3.63, 3.8) is 0 Å². The van der Waals surface area contributed by atoms with Gasteiger partial charge in [-0.05, 0) is 55.7 Å². The van der Waals surface area contributed by atoms with Gasteiger partial charge in [0.25, 0.3) is 0 Å². The quantitative estimate of drug-likeness (QED) is 0.548. The van der Waals surface area contributed by atoms with Crippen LogP contribution in [-0.2, 0) is 0 Å². The van der Waals surface area contributed by atoms with Gasteiger partial charge >= 0.3 is 0 Å². The molecule has 0 nitrogen and oxygen atoms in total. The van der Waals surface area contributed by atoms with E-state index in [-0.39, 0.29) is 0 Å². The molecule has 0 unspecified atom stereocenters. The molecule has 0 spiro atoms. The molecule has 12 heavy (non-hydrogen) atoms. The van der Waals surface area contributed by atoms with E-state index in [1.54, 1.807) is 5.57 Å². The summed E-state index contributed by atoms with van der Waals surface area (Å²) in [6.45, 7) is 0. The molecular weight excluding hydrogens is 144 g/mol. The van der Waals surface area contributed by atoms with Crippen LogP contribution in [0.5, 0.6) is 0 Å². The molecule has 0 saturated heterocycles. The fraction of sp³-hybridized carbons (Fsp3) is 0.500. The van der Waals surface area contributed by atoms with Gasteiger partial charge in [-0.2, -0.15) is 0 Å². The Morgan fingerprint density at radius 3 is 2.75 bits per heavy atom. The summed E-state index contributed by atoms with van der Waals surface area (Å²) < 4.78 is 0. The number of rotatable bonds is 1. The first-order valence-corrected chi connectivity index (χ1v) is 4.93. The van der Waals surface area contributed by atoms with Crippen LogP contribution in [0.2, 0.25) is 0 Å². The van der Waals surface area contributed by atoms with Crippen LogP contribution in [0.1, 0.15) is 38.5 Å². The van der Waals surface area contributed by atoms with E-state index in [0.29, 0.717) is 0 Å². The van der Waals surface area contributed by atoms with E-state index in [2.05, 4.69) is 24.3 Å². The smallest absolute Gasteiger partial charge is 0.0241 e. The summed E-state index contributed by atoms with van der Waals surface area (Å²) in [5.74, 6) is 0. The van der Waals surface area contributed by atoms with Gasteiger partial charge in [-0.25, -0.2) is 0 Å². The SMILES string of the molecule is [C]1=CC(C2=CCCCC2)=CCC1. The van der Waals surface area contributed by atoms with Gasteiger partial charge in [0.15, 0.2) is 0 Å². The molecule has 2 rings (SSSR count). The Balaban J connectivity index is 2.12. The zero-order chi connectivity index (χ0) is 8.23. The van der Waals surface area contributed by atoms with Crippen molar-refractivity contribution in [3.8, 4) is 0 Å². The third kappa shape index (κ3) is 1.69. The minimum absolute atomic E-state index is 1.11. The predicted molar refractivity (Wildman–Crippen MR) is 51.7 cm³/mol. The Morgan fingerprint density at radius 2 is 2.08 bits per heavy atom. The summed E-state index contributed by atoms with van der Waals surface area (Å²) in [4.78, 5) is 0. The van der Waals surface area contributed by atoms with Crippen molar-refractivity contribution in [1.29, 1.82) is 0 Å². The molecule has 0 amide bonds. The average Bonchev–Trinajstić information content (AvgIpc) is 2.21. The first-order chi connectivity index (χ1) is 5.97. The van der Waals surface area contributed by atoms with Crippen molar-refractivity contribution < 1.29 is 0 Å². The highest BCUT2D eigenvalue weighted by Crippen LogP contribution is 2.26. The Kier molecular flexibility index (Phi) is 2.45. The third-order valence-electron chi connectivity index (χ3n) is 2.57. The maximum absolute atomic E-state index is 3.30.